The maximum Gasteiger partial charge on any atom is 0.414 e. The number of ether oxygens (including phenoxy) is 1. The molecule has 1 N–H and O–H groups in total. The Kier molecular flexibility index (Phi) is 3.27. The summed E-state index contributed by atoms with van der Waals surface area (Å²) in [4.78, 5) is 13.8. The first-order valence-electron chi connectivity index (χ1n) is 8.77. The molecule has 2 saturated heterocycles. The van der Waals surface area contributed by atoms with Gasteiger partial charge in [-0.15, -0.1) is 5.10 Å². The van der Waals surface area contributed by atoms with Gasteiger partial charge in [-0.25, -0.2) is 9.48 Å². The lowest BCUT2D eigenvalue weighted by molar-refractivity contribution is 0.129. The number of piperidine rings is 1. The van der Waals surface area contributed by atoms with Gasteiger partial charge in [0.1, 0.15) is 6.10 Å². The van der Waals surface area contributed by atoms with Crippen molar-refractivity contribution in [1.82, 2.24) is 20.3 Å². The number of hydrogen-bond acceptors (Lipinski definition) is 6. The molecule has 1 amide bonds. The molecule has 2 aliphatic heterocycles. The van der Waals surface area contributed by atoms with Crippen LogP contribution in [0, 0.1) is 23.2 Å². The first kappa shape index (κ1) is 15.3. The normalized spacial score (nSPS) is 32.2. The molecule has 132 valence electrons. The number of nitriles is 1. The molecule has 0 spiro atoms. The Bertz CT molecular complexity index is 862. The van der Waals surface area contributed by atoms with Gasteiger partial charge in [0, 0.05) is 36.8 Å². The van der Waals surface area contributed by atoms with Crippen LogP contribution in [-0.4, -0.2) is 46.8 Å². The molecule has 1 aromatic carbocycles. The van der Waals surface area contributed by atoms with Gasteiger partial charge in [-0.1, -0.05) is 17.3 Å². The van der Waals surface area contributed by atoms with Gasteiger partial charge >= 0.3 is 6.09 Å². The van der Waals surface area contributed by atoms with E-state index in [-0.39, 0.29) is 17.6 Å². The van der Waals surface area contributed by atoms with Crippen molar-refractivity contribution in [3.8, 4) is 6.07 Å². The first-order valence-corrected chi connectivity index (χ1v) is 8.77. The number of cyclic esters (lactones) is 1. The number of carbonyl (C=O) groups is 1. The summed E-state index contributed by atoms with van der Waals surface area (Å²) in [7, 11) is 0. The zero-order chi connectivity index (χ0) is 17.7. The van der Waals surface area contributed by atoms with Crippen molar-refractivity contribution < 1.29 is 9.53 Å². The number of fused-ring (bicyclic) bond motifs is 1. The lowest BCUT2D eigenvalue weighted by Crippen LogP contribution is -2.26. The molecule has 1 unspecified atom stereocenters. The Labute approximate surface area is 150 Å². The summed E-state index contributed by atoms with van der Waals surface area (Å²) in [5.41, 5.74) is 1.48. The zero-order valence-electron chi connectivity index (χ0n) is 14.1. The highest BCUT2D eigenvalue weighted by Crippen LogP contribution is 2.61. The standard InChI is InChI=1S/C18H18N6O2/c19-11-18(15-7-20-8-16(15)18)12-1-3-13(4-2-12)24-10-14(26-17(24)25)9-23-6-5-21-22-23/h1-6,14-16,20H,7-10H2/t14-,15-,16+,18?/m0/s1. The molecular weight excluding hydrogens is 332 g/mol. The number of hydrogen-bond donors (Lipinski definition) is 1. The third kappa shape index (κ3) is 2.14. The topological polar surface area (TPSA) is 96.1 Å². The molecule has 1 saturated carbocycles. The summed E-state index contributed by atoms with van der Waals surface area (Å²) >= 11 is 0. The predicted octanol–water partition coefficient (Wildman–Crippen LogP) is 0.914. The summed E-state index contributed by atoms with van der Waals surface area (Å²) in [6.07, 6.45) is 2.73. The van der Waals surface area contributed by atoms with E-state index in [9.17, 15) is 10.1 Å². The van der Waals surface area contributed by atoms with Crippen molar-refractivity contribution in [3.05, 3.63) is 42.2 Å². The van der Waals surface area contributed by atoms with E-state index in [0.29, 0.717) is 24.9 Å². The minimum atomic E-state index is -0.356. The monoisotopic (exact) mass is 350 g/mol. The van der Waals surface area contributed by atoms with Crippen LogP contribution in [0.3, 0.4) is 0 Å². The summed E-state index contributed by atoms with van der Waals surface area (Å²) in [5, 5.41) is 20.7. The SMILES string of the molecule is N#CC1(c2ccc(N3C[C@H](Cn4ccnn4)OC3=O)cc2)[C@@H]2CNC[C@@H]21. The lowest BCUT2D eigenvalue weighted by atomic mass is 9.92. The van der Waals surface area contributed by atoms with Gasteiger partial charge in [0.05, 0.1) is 30.8 Å². The van der Waals surface area contributed by atoms with E-state index in [0.717, 1.165) is 24.3 Å². The fourth-order valence-electron chi connectivity index (χ4n) is 4.48. The lowest BCUT2D eigenvalue weighted by Gasteiger charge is -2.17. The van der Waals surface area contributed by atoms with E-state index in [2.05, 4.69) is 21.7 Å². The van der Waals surface area contributed by atoms with Gasteiger partial charge in [0.25, 0.3) is 0 Å². The first-order chi connectivity index (χ1) is 12.7. The van der Waals surface area contributed by atoms with Crippen LogP contribution in [0.25, 0.3) is 0 Å². The second-order valence-corrected chi connectivity index (χ2v) is 7.14. The van der Waals surface area contributed by atoms with Crippen molar-refractivity contribution >= 4 is 11.8 Å². The molecule has 8 heteroatoms. The Morgan fingerprint density at radius 2 is 2.08 bits per heavy atom. The summed E-state index contributed by atoms with van der Waals surface area (Å²) < 4.78 is 7.09. The number of carbonyl (C=O) groups excluding carboxylic acids is 1. The minimum absolute atomic E-state index is 0.261. The number of anilines is 1. The van der Waals surface area contributed by atoms with Crippen LogP contribution in [0.1, 0.15) is 5.56 Å². The van der Waals surface area contributed by atoms with Crippen LogP contribution in [0.4, 0.5) is 10.5 Å². The van der Waals surface area contributed by atoms with Crippen molar-refractivity contribution in [1.29, 1.82) is 5.26 Å². The highest BCUT2D eigenvalue weighted by Gasteiger charge is 2.68. The van der Waals surface area contributed by atoms with E-state index in [4.69, 9.17) is 4.74 Å². The predicted molar refractivity (Wildman–Crippen MR) is 91.2 cm³/mol. The number of amides is 1. The van der Waals surface area contributed by atoms with Gasteiger partial charge in [0.2, 0.25) is 0 Å². The minimum Gasteiger partial charge on any atom is -0.442 e. The molecular formula is C18H18N6O2. The van der Waals surface area contributed by atoms with E-state index < -0.39 is 0 Å². The highest BCUT2D eigenvalue weighted by molar-refractivity contribution is 5.89. The molecule has 0 radical (unpaired) electrons. The smallest absolute Gasteiger partial charge is 0.414 e. The van der Waals surface area contributed by atoms with Crippen molar-refractivity contribution in [2.75, 3.05) is 24.5 Å². The number of aromatic nitrogens is 3. The molecule has 1 aliphatic carbocycles. The fourth-order valence-corrected chi connectivity index (χ4v) is 4.48. The second kappa shape index (κ2) is 5.54. The van der Waals surface area contributed by atoms with Gasteiger partial charge in [-0.3, -0.25) is 4.90 Å². The number of rotatable bonds is 4. The van der Waals surface area contributed by atoms with Crippen molar-refractivity contribution in [2.24, 2.45) is 11.8 Å². The van der Waals surface area contributed by atoms with E-state index >= 15 is 0 Å². The quantitative estimate of drug-likeness (QED) is 0.881. The van der Waals surface area contributed by atoms with E-state index in [1.165, 1.54) is 0 Å². The fraction of sp³-hybridized carbons (Fsp3) is 0.444. The Balaban J connectivity index is 1.32. The molecule has 0 bridgehead atoms. The highest BCUT2D eigenvalue weighted by atomic mass is 16.6. The molecule has 26 heavy (non-hydrogen) atoms. The molecule has 8 nitrogen and oxygen atoms in total. The Morgan fingerprint density at radius 3 is 2.73 bits per heavy atom. The van der Waals surface area contributed by atoms with Crippen LogP contribution in [0.5, 0.6) is 0 Å². The van der Waals surface area contributed by atoms with Crippen molar-refractivity contribution in [2.45, 2.75) is 18.1 Å². The van der Waals surface area contributed by atoms with Crippen LogP contribution >= 0.6 is 0 Å². The largest absolute Gasteiger partial charge is 0.442 e. The molecule has 2 aromatic rings. The van der Waals surface area contributed by atoms with Crippen molar-refractivity contribution in [3.63, 3.8) is 0 Å². The van der Waals surface area contributed by atoms with Gasteiger partial charge in [0.15, 0.2) is 0 Å². The number of nitrogens with zero attached hydrogens (tertiary/aromatic N) is 5. The molecule has 3 heterocycles. The number of nitrogens with one attached hydrogen (secondary N) is 1. The molecule has 3 aliphatic rings. The third-order valence-corrected chi connectivity index (χ3v) is 5.85. The third-order valence-electron chi connectivity index (χ3n) is 5.85. The van der Waals surface area contributed by atoms with Crippen LogP contribution in [0.15, 0.2) is 36.7 Å². The van der Waals surface area contributed by atoms with Crippen LogP contribution < -0.4 is 10.2 Å². The van der Waals surface area contributed by atoms with Gasteiger partial charge < -0.3 is 10.1 Å². The Hall–Kier alpha value is -2.92. The average molecular weight is 350 g/mol. The van der Waals surface area contributed by atoms with E-state index in [1.807, 2.05) is 24.3 Å². The van der Waals surface area contributed by atoms with Crippen LogP contribution in [0.2, 0.25) is 0 Å². The molecule has 1 aromatic heterocycles. The van der Waals surface area contributed by atoms with Gasteiger partial charge in [-0.05, 0) is 17.7 Å². The summed E-state index contributed by atoms with van der Waals surface area (Å²) in [6, 6.07) is 10.3. The number of benzene rings is 1. The molecule has 4 atom stereocenters. The maximum atomic E-state index is 12.2. The molecule has 3 fully saturated rings. The molecule has 5 rings (SSSR count). The average Bonchev–Trinajstić information content (AvgIpc) is 3.19. The maximum absolute atomic E-state index is 12.2. The van der Waals surface area contributed by atoms with E-state index in [1.54, 1.807) is 22.0 Å². The summed E-state index contributed by atoms with van der Waals surface area (Å²) in [6.45, 7) is 2.76. The second-order valence-electron chi connectivity index (χ2n) is 7.14. The Morgan fingerprint density at radius 1 is 1.31 bits per heavy atom. The van der Waals surface area contributed by atoms with Crippen LogP contribution in [-0.2, 0) is 16.7 Å². The zero-order valence-corrected chi connectivity index (χ0v) is 14.1. The summed E-state index contributed by atoms with van der Waals surface area (Å²) in [5.74, 6) is 0.810. The van der Waals surface area contributed by atoms with Gasteiger partial charge in [-0.2, -0.15) is 5.26 Å².